The van der Waals surface area contributed by atoms with Crippen molar-refractivity contribution >= 4 is 18.3 Å². The molecule has 0 aromatic heterocycles. The molecule has 3 unspecified atom stereocenters. The quantitative estimate of drug-likeness (QED) is 0.672. The van der Waals surface area contributed by atoms with Crippen molar-refractivity contribution in [1.29, 1.82) is 0 Å². The average molecular weight is 333 g/mol. The zero-order chi connectivity index (χ0) is 15.5. The normalized spacial score (nSPS) is 31.8. The lowest BCUT2D eigenvalue weighted by atomic mass is 9.64. The first-order valence-corrected chi connectivity index (χ1v) is 8.51. The van der Waals surface area contributed by atoms with E-state index in [9.17, 15) is 4.79 Å². The number of carbonyl (C=O) groups is 1. The lowest BCUT2D eigenvalue weighted by molar-refractivity contribution is -0.124. The molecule has 0 aliphatic heterocycles. The Labute approximate surface area is 141 Å². The van der Waals surface area contributed by atoms with Gasteiger partial charge in [-0.1, -0.05) is 13.8 Å². The minimum absolute atomic E-state index is 0. The number of ether oxygens (including phenoxy) is 1. The van der Waals surface area contributed by atoms with E-state index in [1.165, 1.54) is 19.3 Å². The smallest absolute Gasteiger partial charge is 0.234 e. The first-order valence-electron chi connectivity index (χ1n) is 8.51. The second-order valence-corrected chi connectivity index (χ2v) is 7.41. The SMILES string of the molecule is CCOCCCNCC(=O)NC1(C)C2CCC(C2)C1(C)C.Cl. The molecule has 0 heterocycles. The highest BCUT2D eigenvalue weighted by molar-refractivity contribution is 5.85. The van der Waals surface area contributed by atoms with Crippen molar-refractivity contribution in [2.75, 3.05) is 26.3 Å². The monoisotopic (exact) mass is 332 g/mol. The molecule has 0 radical (unpaired) electrons. The Balaban J connectivity index is 0.00000242. The second-order valence-electron chi connectivity index (χ2n) is 7.41. The first-order chi connectivity index (χ1) is 9.91. The molecule has 2 aliphatic rings. The summed E-state index contributed by atoms with van der Waals surface area (Å²) in [5, 5.41) is 6.56. The molecule has 2 bridgehead atoms. The number of rotatable bonds is 8. The van der Waals surface area contributed by atoms with Gasteiger partial charge in [0.15, 0.2) is 0 Å². The maximum absolute atomic E-state index is 12.3. The van der Waals surface area contributed by atoms with Gasteiger partial charge in [0, 0.05) is 18.8 Å². The van der Waals surface area contributed by atoms with E-state index in [4.69, 9.17) is 4.74 Å². The van der Waals surface area contributed by atoms with Crippen LogP contribution in [0.5, 0.6) is 0 Å². The van der Waals surface area contributed by atoms with Crippen molar-refractivity contribution in [2.24, 2.45) is 17.3 Å². The van der Waals surface area contributed by atoms with Crippen LogP contribution in [0.3, 0.4) is 0 Å². The van der Waals surface area contributed by atoms with Crippen LogP contribution < -0.4 is 10.6 Å². The van der Waals surface area contributed by atoms with Crippen LogP contribution in [0.25, 0.3) is 0 Å². The minimum Gasteiger partial charge on any atom is -0.382 e. The standard InChI is InChI=1S/C17H32N2O2.ClH/c1-5-21-10-6-9-18-12-15(20)19-17(4)14-8-7-13(11-14)16(17,2)3;/h13-14,18H,5-12H2,1-4H3,(H,19,20);1H. The molecule has 22 heavy (non-hydrogen) atoms. The summed E-state index contributed by atoms with van der Waals surface area (Å²) in [6, 6.07) is 0. The predicted molar refractivity (Wildman–Crippen MR) is 92.4 cm³/mol. The van der Waals surface area contributed by atoms with Gasteiger partial charge in [-0.3, -0.25) is 4.79 Å². The highest BCUT2D eigenvalue weighted by Gasteiger charge is 2.60. The van der Waals surface area contributed by atoms with Gasteiger partial charge in [0.2, 0.25) is 5.91 Å². The lowest BCUT2D eigenvalue weighted by Crippen LogP contribution is -2.60. The summed E-state index contributed by atoms with van der Waals surface area (Å²) < 4.78 is 5.28. The van der Waals surface area contributed by atoms with Gasteiger partial charge < -0.3 is 15.4 Å². The van der Waals surface area contributed by atoms with Crippen LogP contribution in [0.1, 0.15) is 53.4 Å². The van der Waals surface area contributed by atoms with E-state index in [0.717, 1.165) is 32.1 Å². The molecule has 2 aliphatic carbocycles. The van der Waals surface area contributed by atoms with Crippen molar-refractivity contribution in [2.45, 2.75) is 58.9 Å². The lowest BCUT2D eigenvalue weighted by Gasteiger charge is -2.48. The van der Waals surface area contributed by atoms with Crippen LogP contribution in [0, 0.1) is 17.3 Å². The van der Waals surface area contributed by atoms with Crippen LogP contribution >= 0.6 is 12.4 Å². The number of nitrogens with one attached hydrogen (secondary N) is 2. The summed E-state index contributed by atoms with van der Waals surface area (Å²) in [5.41, 5.74) is 0.167. The summed E-state index contributed by atoms with van der Waals surface area (Å²) in [6.07, 6.45) is 4.84. The van der Waals surface area contributed by atoms with Crippen molar-refractivity contribution < 1.29 is 9.53 Å². The van der Waals surface area contributed by atoms with Gasteiger partial charge in [-0.05, 0) is 63.3 Å². The molecule has 130 valence electrons. The highest BCUT2D eigenvalue weighted by Crippen LogP contribution is 2.61. The maximum atomic E-state index is 12.3. The molecule has 0 aromatic carbocycles. The number of hydrogen-bond donors (Lipinski definition) is 2. The van der Waals surface area contributed by atoms with Crippen molar-refractivity contribution in [3.05, 3.63) is 0 Å². The molecule has 2 rings (SSSR count). The van der Waals surface area contributed by atoms with E-state index >= 15 is 0 Å². The van der Waals surface area contributed by atoms with Crippen LogP contribution in [0.4, 0.5) is 0 Å². The average Bonchev–Trinajstić information content (AvgIpc) is 2.97. The third kappa shape index (κ3) is 3.77. The van der Waals surface area contributed by atoms with Gasteiger partial charge in [0.1, 0.15) is 0 Å². The zero-order valence-corrected chi connectivity index (χ0v) is 15.4. The number of halogens is 1. The van der Waals surface area contributed by atoms with Crippen LogP contribution in [-0.2, 0) is 9.53 Å². The molecule has 2 fully saturated rings. The van der Waals surface area contributed by atoms with E-state index < -0.39 is 0 Å². The Morgan fingerprint density at radius 1 is 1.23 bits per heavy atom. The predicted octanol–water partition coefficient (Wildman–Crippen LogP) is 2.76. The minimum atomic E-state index is -0.0417. The van der Waals surface area contributed by atoms with E-state index in [0.29, 0.717) is 12.5 Å². The number of amides is 1. The number of hydrogen-bond acceptors (Lipinski definition) is 3. The Kier molecular flexibility index (Phi) is 7.16. The van der Waals surface area contributed by atoms with E-state index in [1.54, 1.807) is 0 Å². The Hall–Kier alpha value is -0.320. The topological polar surface area (TPSA) is 50.4 Å². The molecule has 1 amide bonds. The third-order valence-electron chi connectivity index (χ3n) is 6.14. The zero-order valence-electron chi connectivity index (χ0n) is 14.5. The van der Waals surface area contributed by atoms with Crippen molar-refractivity contribution in [1.82, 2.24) is 10.6 Å². The summed E-state index contributed by atoms with van der Waals surface area (Å²) in [6.45, 7) is 11.7. The largest absolute Gasteiger partial charge is 0.382 e. The molecule has 0 saturated heterocycles. The molecule has 0 aromatic rings. The summed E-state index contributed by atoms with van der Waals surface area (Å²) in [4.78, 5) is 12.3. The van der Waals surface area contributed by atoms with Gasteiger partial charge in [-0.15, -0.1) is 12.4 Å². The van der Waals surface area contributed by atoms with E-state index in [1.807, 2.05) is 6.92 Å². The summed E-state index contributed by atoms with van der Waals surface area (Å²) in [5.74, 6) is 1.56. The molecule has 4 nitrogen and oxygen atoms in total. The van der Waals surface area contributed by atoms with Gasteiger partial charge in [-0.25, -0.2) is 0 Å². The fourth-order valence-corrected chi connectivity index (χ4v) is 4.35. The second kappa shape index (κ2) is 7.98. The third-order valence-corrected chi connectivity index (χ3v) is 6.14. The summed E-state index contributed by atoms with van der Waals surface area (Å²) in [7, 11) is 0. The fourth-order valence-electron chi connectivity index (χ4n) is 4.35. The van der Waals surface area contributed by atoms with Gasteiger partial charge in [0.25, 0.3) is 0 Å². The van der Waals surface area contributed by atoms with E-state index in [2.05, 4.69) is 31.4 Å². The Morgan fingerprint density at radius 2 is 1.91 bits per heavy atom. The number of fused-ring (bicyclic) bond motifs is 2. The number of carbonyl (C=O) groups excluding carboxylic acids is 1. The van der Waals surface area contributed by atoms with Gasteiger partial charge in [0.05, 0.1) is 6.54 Å². The van der Waals surface area contributed by atoms with E-state index in [-0.39, 0.29) is 29.3 Å². The molecular formula is C17H33ClN2O2. The Bertz CT molecular complexity index is 376. The Morgan fingerprint density at radius 3 is 2.50 bits per heavy atom. The molecule has 5 heteroatoms. The molecular weight excluding hydrogens is 300 g/mol. The first kappa shape index (κ1) is 19.7. The van der Waals surface area contributed by atoms with Crippen LogP contribution in [0.2, 0.25) is 0 Å². The summed E-state index contributed by atoms with van der Waals surface area (Å²) >= 11 is 0. The van der Waals surface area contributed by atoms with Crippen LogP contribution in [-0.4, -0.2) is 37.7 Å². The van der Waals surface area contributed by atoms with Crippen molar-refractivity contribution in [3.8, 4) is 0 Å². The maximum Gasteiger partial charge on any atom is 0.234 e. The molecule has 2 saturated carbocycles. The highest BCUT2D eigenvalue weighted by atomic mass is 35.5. The van der Waals surface area contributed by atoms with Gasteiger partial charge >= 0.3 is 0 Å². The van der Waals surface area contributed by atoms with Gasteiger partial charge in [-0.2, -0.15) is 0 Å². The fraction of sp³-hybridized carbons (Fsp3) is 0.941. The van der Waals surface area contributed by atoms with Crippen molar-refractivity contribution in [3.63, 3.8) is 0 Å². The van der Waals surface area contributed by atoms with Crippen LogP contribution in [0.15, 0.2) is 0 Å². The molecule has 2 N–H and O–H groups in total. The molecule has 3 atom stereocenters. The molecule has 0 spiro atoms.